The van der Waals surface area contributed by atoms with Crippen LogP contribution in [0, 0.1) is 0 Å². The lowest BCUT2D eigenvalue weighted by atomic mass is 10.1. The van der Waals surface area contributed by atoms with E-state index in [1.54, 1.807) is 16.5 Å². The van der Waals surface area contributed by atoms with Gasteiger partial charge in [0.25, 0.3) is 5.91 Å². The summed E-state index contributed by atoms with van der Waals surface area (Å²) in [6.45, 7) is 0. The minimum atomic E-state index is -0.162. The maximum absolute atomic E-state index is 12.4. The molecule has 2 heterocycles. The molecule has 0 spiro atoms. The van der Waals surface area contributed by atoms with E-state index in [9.17, 15) is 4.79 Å². The summed E-state index contributed by atoms with van der Waals surface area (Å²) in [6, 6.07) is 11.2. The van der Waals surface area contributed by atoms with Crippen molar-refractivity contribution in [1.29, 1.82) is 0 Å². The molecule has 2 aromatic heterocycles. The molecule has 4 rings (SSSR count). The summed E-state index contributed by atoms with van der Waals surface area (Å²) in [4.78, 5) is 17.0. The third kappa shape index (κ3) is 2.69. The van der Waals surface area contributed by atoms with Crippen LogP contribution in [0.5, 0.6) is 0 Å². The van der Waals surface area contributed by atoms with E-state index in [2.05, 4.69) is 10.3 Å². The third-order valence-corrected chi connectivity index (χ3v) is 4.40. The molecule has 1 saturated carbocycles. The molecule has 6 heteroatoms. The number of pyridine rings is 1. The van der Waals surface area contributed by atoms with Gasteiger partial charge in [-0.3, -0.25) is 9.20 Å². The van der Waals surface area contributed by atoms with Crippen molar-refractivity contribution >= 4 is 34.6 Å². The highest BCUT2D eigenvalue weighted by Crippen LogP contribution is 2.33. The molecule has 0 radical (unpaired) electrons. The van der Waals surface area contributed by atoms with Crippen molar-refractivity contribution in [3.8, 4) is 11.3 Å². The normalized spacial score (nSPS) is 14.2. The van der Waals surface area contributed by atoms with Crippen LogP contribution in [0.2, 0.25) is 10.0 Å². The van der Waals surface area contributed by atoms with Gasteiger partial charge in [-0.15, -0.1) is 0 Å². The summed E-state index contributed by atoms with van der Waals surface area (Å²) in [5, 5.41) is 4.05. The van der Waals surface area contributed by atoms with Gasteiger partial charge in [0.15, 0.2) is 0 Å². The van der Waals surface area contributed by atoms with Crippen molar-refractivity contribution in [2.45, 2.75) is 18.9 Å². The Kier molecular flexibility index (Phi) is 3.51. The zero-order chi connectivity index (χ0) is 16.0. The number of fused-ring (bicyclic) bond motifs is 1. The molecule has 1 amide bonds. The summed E-state index contributed by atoms with van der Waals surface area (Å²) in [5.41, 5.74) is 2.26. The monoisotopic (exact) mass is 345 g/mol. The zero-order valence-electron chi connectivity index (χ0n) is 12.1. The van der Waals surface area contributed by atoms with Gasteiger partial charge in [0.05, 0.1) is 16.2 Å². The van der Waals surface area contributed by atoms with Crippen LogP contribution >= 0.6 is 23.2 Å². The summed E-state index contributed by atoms with van der Waals surface area (Å²) in [5.74, 6) is 0.207. The van der Waals surface area contributed by atoms with E-state index in [0.29, 0.717) is 21.6 Å². The number of hydrogen-bond acceptors (Lipinski definition) is 2. The van der Waals surface area contributed by atoms with Crippen LogP contribution in [0.4, 0.5) is 0 Å². The number of rotatable bonds is 3. The van der Waals surface area contributed by atoms with Gasteiger partial charge in [-0.1, -0.05) is 29.3 Å². The fourth-order valence-corrected chi connectivity index (χ4v) is 3.05. The summed E-state index contributed by atoms with van der Waals surface area (Å²) >= 11 is 12.3. The number of halogens is 2. The predicted octanol–water partition coefficient (Wildman–Crippen LogP) is 4.20. The van der Waals surface area contributed by atoms with Crippen molar-refractivity contribution < 1.29 is 4.79 Å². The van der Waals surface area contributed by atoms with Crippen molar-refractivity contribution in [2.24, 2.45) is 0 Å². The van der Waals surface area contributed by atoms with Gasteiger partial charge in [-0.25, -0.2) is 4.98 Å². The summed E-state index contributed by atoms with van der Waals surface area (Å²) in [7, 11) is 0. The first-order valence-corrected chi connectivity index (χ1v) is 8.12. The molecule has 0 unspecified atom stereocenters. The molecule has 1 N–H and O–H groups in total. The van der Waals surface area contributed by atoms with E-state index in [-0.39, 0.29) is 11.9 Å². The van der Waals surface area contributed by atoms with Crippen LogP contribution in [-0.4, -0.2) is 21.3 Å². The minimum absolute atomic E-state index is 0.162. The number of imidazole rings is 1. The van der Waals surface area contributed by atoms with Crippen LogP contribution < -0.4 is 5.32 Å². The van der Waals surface area contributed by atoms with E-state index >= 15 is 0 Å². The standard InChI is InChI=1S/C17H13Cl2N3O/c18-10-4-7-12(13(19)9-10)15-14-3-1-2-8-22(14)16(21-15)17(23)20-11-5-6-11/h1-4,7-9,11H,5-6H2,(H,20,23). The molecule has 23 heavy (non-hydrogen) atoms. The Balaban J connectivity index is 1.88. The number of benzene rings is 1. The molecule has 1 aliphatic rings. The molecular formula is C17H13Cl2N3O. The lowest BCUT2D eigenvalue weighted by Crippen LogP contribution is -2.27. The van der Waals surface area contributed by atoms with Crippen LogP contribution in [0.1, 0.15) is 23.5 Å². The highest BCUT2D eigenvalue weighted by molar-refractivity contribution is 6.36. The van der Waals surface area contributed by atoms with Gasteiger partial charge in [-0.05, 0) is 43.2 Å². The summed E-state index contributed by atoms with van der Waals surface area (Å²) in [6.07, 6.45) is 3.90. The number of hydrogen-bond donors (Lipinski definition) is 1. The average molecular weight is 346 g/mol. The second-order valence-corrected chi connectivity index (χ2v) is 6.46. The summed E-state index contributed by atoms with van der Waals surface area (Å²) < 4.78 is 1.79. The van der Waals surface area contributed by atoms with Gasteiger partial charge >= 0.3 is 0 Å². The maximum Gasteiger partial charge on any atom is 0.287 e. The molecular weight excluding hydrogens is 333 g/mol. The number of carbonyl (C=O) groups is 1. The molecule has 116 valence electrons. The third-order valence-electron chi connectivity index (χ3n) is 3.85. The van der Waals surface area contributed by atoms with Crippen LogP contribution in [0.25, 0.3) is 16.8 Å². The molecule has 3 aromatic rings. The van der Waals surface area contributed by atoms with E-state index in [0.717, 1.165) is 23.9 Å². The average Bonchev–Trinajstić information content (AvgIpc) is 3.26. The first-order valence-electron chi connectivity index (χ1n) is 7.37. The Morgan fingerprint density at radius 2 is 2.04 bits per heavy atom. The zero-order valence-corrected chi connectivity index (χ0v) is 13.6. The van der Waals surface area contributed by atoms with E-state index in [1.165, 1.54) is 0 Å². The molecule has 4 nitrogen and oxygen atoms in total. The van der Waals surface area contributed by atoms with Crippen molar-refractivity contribution in [3.63, 3.8) is 0 Å². The Morgan fingerprint density at radius 3 is 2.78 bits per heavy atom. The Hall–Kier alpha value is -2.04. The first kappa shape index (κ1) is 14.5. The fraction of sp³-hybridized carbons (Fsp3) is 0.176. The molecule has 0 saturated heterocycles. The van der Waals surface area contributed by atoms with E-state index < -0.39 is 0 Å². The SMILES string of the molecule is O=C(NC1CC1)c1nc(-c2ccc(Cl)cc2Cl)c2ccccn12. The fourth-order valence-electron chi connectivity index (χ4n) is 2.56. The second-order valence-electron chi connectivity index (χ2n) is 5.61. The lowest BCUT2D eigenvalue weighted by molar-refractivity contribution is 0.0940. The highest BCUT2D eigenvalue weighted by Gasteiger charge is 2.27. The van der Waals surface area contributed by atoms with Crippen LogP contribution in [-0.2, 0) is 0 Å². The van der Waals surface area contributed by atoms with Crippen molar-refractivity contribution in [3.05, 3.63) is 58.5 Å². The molecule has 0 aliphatic heterocycles. The smallest absolute Gasteiger partial charge is 0.287 e. The lowest BCUT2D eigenvalue weighted by Gasteiger charge is -2.02. The van der Waals surface area contributed by atoms with Gasteiger partial charge in [0.2, 0.25) is 5.82 Å². The maximum atomic E-state index is 12.4. The molecule has 1 fully saturated rings. The number of aromatic nitrogens is 2. The number of carbonyl (C=O) groups excluding carboxylic acids is 1. The van der Waals surface area contributed by atoms with E-state index in [1.807, 2.05) is 30.5 Å². The Bertz CT molecular complexity index is 915. The molecule has 1 aromatic carbocycles. The molecule has 0 bridgehead atoms. The van der Waals surface area contributed by atoms with Crippen LogP contribution in [0.3, 0.4) is 0 Å². The predicted molar refractivity (Wildman–Crippen MR) is 91.1 cm³/mol. The van der Waals surface area contributed by atoms with Crippen LogP contribution in [0.15, 0.2) is 42.6 Å². The molecule has 0 atom stereocenters. The first-order chi connectivity index (χ1) is 11.1. The van der Waals surface area contributed by atoms with Gasteiger partial charge in [0.1, 0.15) is 0 Å². The largest absolute Gasteiger partial charge is 0.347 e. The molecule has 1 aliphatic carbocycles. The number of amides is 1. The quantitative estimate of drug-likeness (QED) is 0.773. The van der Waals surface area contributed by atoms with Crippen molar-refractivity contribution in [2.75, 3.05) is 0 Å². The Labute approximate surface area is 143 Å². The topological polar surface area (TPSA) is 46.4 Å². The van der Waals surface area contributed by atoms with Crippen molar-refractivity contribution in [1.82, 2.24) is 14.7 Å². The number of nitrogens with one attached hydrogen (secondary N) is 1. The Morgan fingerprint density at radius 1 is 1.22 bits per heavy atom. The minimum Gasteiger partial charge on any atom is -0.347 e. The number of nitrogens with zero attached hydrogens (tertiary/aromatic N) is 2. The van der Waals surface area contributed by atoms with E-state index in [4.69, 9.17) is 23.2 Å². The highest BCUT2D eigenvalue weighted by atomic mass is 35.5. The second kappa shape index (κ2) is 5.55. The van der Waals surface area contributed by atoms with Gasteiger partial charge in [-0.2, -0.15) is 0 Å². The van der Waals surface area contributed by atoms with Gasteiger partial charge in [0, 0.05) is 22.8 Å². The van der Waals surface area contributed by atoms with Gasteiger partial charge < -0.3 is 5.32 Å².